The van der Waals surface area contributed by atoms with Gasteiger partial charge in [0, 0.05) is 54.6 Å². The molecule has 2 fully saturated rings. The minimum absolute atomic E-state index is 0.0360. The van der Waals surface area contributed by atoms with Gasteiger partial charge in [-0.05, 0) is 31.4 Å². The number of aromatic nitrogens is 2. The highest BCUT2D eigenvalue weighted by atomic mass is 16.5. The van der Waals surface area contributed by atoms with E-state index < -0.39 is 30.0 Å². The number of carbonyl (C=O) groups is 2. The summed E-state index contributed by atoms with van der Waals surface area (Å²) in [6, 6.07) is 6.26. The maximum absolute atomic E-state index is 13.1. The molecule has 0 radical (unpaired) electrons. The van der Waals surface area contributed by atoms with Crippen molar-refractivity contribution in [2.45, 2.75) is 57.1 Å². The Morgan fingerprint density at radius 1 is 1.27 bits per heavy atom. The van der Waals surface area contributed by atoms with Crippen molar-refractivity contribution >= 4 is 17.6 Å². The normalized spacial score (nSPS) is 24.8. The number of amides is 3. The number of nitrogens with one attached hydrogen (secondary N) is 3. The first-order valence-corrected chi connectivity index (χ1v) is 11.6. The van der Waals surface area contributed by atoms with Gasteiger partial charge < -0.3 is 30.4 Å². The minimum atomic E-state index is -0.916. The summed E-state index contributed by atoms with van der Waals surface area (Å²) < 4.78 is 5.21. The Morgan fingerprint density at radius 3 is 2.70 bits per heavy atom. The summed E-state index contributed by atoms with van der Waals surface area (Å²) in [5.41, 5.74) is 1.32. The number of likely N-dealkylation sites (tertiary alicyclic amines) is 1. The fourth-order valence-electron chi connectivity index (χ4n) is 4.87. The van der Waals surface area contributed by atoms with Gasteiger partial charge in [0.1, 0.15) is 11.6 Å². The third-order valence-corrected chi connectivity index (χ3v) is 6.62. The molecule has 4 N–H and O–H groups in total. The number of anilines is 1. The van der Waals surface area contributed by atoms with Crippen LogP contribution in [0.15, 0.2) is 30.5 Å². The molecule has 2 aromatic rings. The molecular formula is C24H33N5O4. The van der Waals surface area contributed by atoms with E-state index in [1.165, 1.54) is 0 Å². The van der Waals surface area contributed by atoms with Crippen molar-refractivity contribution in [2.24, 2.45) is 5.92 Å². The number of nitrogens with zero attached hydrogens (tertiary/aromatic N) is 2. The van der Waals surface area contributed by atoms with Gasteiger partial charge in [-0.1, -0.05) is 19.9 Å². The van der Waals surface area contributed by atoms with Crippen LogP contribution in [-0.4, -0.2) is 64.3 Å². The van der Waals surface area contributed by atoms with E-state index in [1.54, 1.807) is 37.6 Å². The van der Waals surface area contributed by atoms with Crippen molar-refractivity contribution in [3.05, 3.63) is 42.0 Å². The number of hydrogen-bond acceptors (Lipinski definition) is 5. The van der Waals surface area contributed by atoms with E-state index in [4.69, 9.17) is 4.74 Å². The maximum Gasteiger partial charge on any atom is 0.319 e. The average Bonchev–Trinajstić information content (AvgIpc) is 3.54. The largest absolute Gasteiger partial charge is 0.497 e. The van der Waals surface area contributed by atoms with E-state index in [1.807, 2.05) is 18.7 Å². The van der Waals surface area contributed by atoms with Crippen molar-refractivity contribution in [1.82, 2.24) is 20.2 Å². The standard InChI is InChI=1S/C24H33N5O4/c1-14(2)22-25-13-19(27-22)20-18(12-17(21(20)30)23(31)29-9-4-5-10-29)28-24(32)26-15-7-6-8-16(11-15)33-3/h6-8,11,13-14,17-18,20-21,30H,4-5,9-10,12H2,1-3H3,(H,25,27)(H2,26,28,32)/t17-,18+,20+,21+/m0/s1. The molecule has 9 heteroatoms. The molecule has 1 aliphatic carbocycles. The van der Waals surface area contributed by atoms with Crippen LogP contribution in [0.25, 0.3) is 0 Å². The number of aliphatic hydroxyl groups is 1. The van der Waals surface area contributed by atoms with Gasteiger partial charge in [0.2, 0.25) is 5.91 Å². The van der Waals surface area contributed by atoms with Gasteiger partial charge >= 0.3 is 6.03 Å². The zero-order valence-electron chi connectivity index (χ0n) is 19.4. The van der Waals surface area contributed by atoms with Crippen LogP contribution in [0.2, 0.25) is 0 Å². The van der Waals surface area contributed by atoms with Crippen LogP contribution in [0, 0.1) is 5.92 Å². The summed E-state index contributed by atoms with van der Waals surface area (Å²) in [4.78, 5) is 35.5. The topological polar surface area (TPSA) is 120 Å². The number of hydrogen-bond donors (Lipinski definition) is 4. The Morgan fingerprint density at radius 2 is 2.03 bits per heavy atom. The summed E-state index contributed by atoms with van der Waals surface area (Å²) in [7, 11) is 1.57. The predicted octanol–water partition coefficient (Wildman–Crippen LogP) is 2.82. The van der Waals surface area contributed by atoms with E-state index >= 15 is 0 Å². The van der Waals surface area contributed by atoms with Crippen LogP contribution in [0.4, 0.5) is 10.5 Å². The molecular weight excluding hydrogens is 422 g/mol. The third-order valence-electron chi connectivity index (χ3n) is 6.62. The number of methoxy groups -OCH3 is 1. The predicted molar refractivity (Wildman–Crippen MR) is 124 cm³/mol. The van der Waals surface area contributed by atoms with E-state index in [0.717, 1.165) is 37.4 Å². The average molecular weight is 456 g/mol. The molecule has 33 heavy (non-hydrogen) atoms. The third kappa shape index (κ3) is 4.98. The maximum atomic E-state index is 13.1. The molecule has 178 valence electrons. The molecule has 1 aromatic carbocycles. The second kappa shape index (κ2) is 9.82. The second-order valence-electron chi connectivity index (χ2n) is 9.21. The summed E-state index contributed by atoms with van der Waals surface area (Å²) in [6.07, 6.45) is 3.13. The zero-order valence-corrected chi connectivity index (χ0v) is 19.4. The molecule has 1 saturated heterocycles. The number of carbonyl (C=O) groups excluding carboxylic acids is 2. The molecule has 4 atom stereocenters. The summed E-state index contributed by atoms with van der Waals surface area (Å²) in [5, 5.41) is 17.0. The Hall–Kier alpha value is -3.07. The quantitative estimate of drug-likeness (QED) is 0.534. The number of ether oxygens (including phenoxy) is 1. The van der Waals surface area contributed by atoms with Crippen molar-refractivity contribution < 1.29 is 19.4 Å². The highest BCUT2D eigenvalue weighted by Crippen LogP contribution is 2.40. The lowest BCUT2D eigenvalue weighted by Gasteiger charge is -2.24. The smallest absolute Gasteiger partial charge is 0.319 e. The lowest BCUT2D eigenvalue weighted by atomic mass is 9.96. The molecule has 1 saturated carbocycles. The number of aromatic amines is 1. The van der Waals surface area contributed by atoms with E-state index in [-0.39, 0.29) is 11.8 Å². The second-order valence-corrected chi connectivity index (χ2v) is 9.21. The SMILES string of the molecule is COc1cccc(NC(=O)N[C@@H]2C[C@H](C(=O)N3CCCC3)[C@@H](O)[C@H]2c2cnc(C(C)C)[nH]2)c1. The fourth-order valence-corrected chi connectivity index (χ4v) is 4.87. The van der Waals surface area contributed by atoms with E-state index in [9.17, 15) is 14.7 Å². The van der Waals surface area contributed by atoms with Crippen LogP contribution in [0.3, 0.4) is 0 Å². The van der Waals surface area contributed by atoms with Crippen LogP contribution >= 0.6 is 0 Å². The molecule has 0 spiro atoms. The van der Waals surface area contributed by atoms with Crippen molar-refractivity contribution in [3.8, 4) is 5.75 Å². The number of urea groups is 1. The highest BCUT2D eigenvalue weighted by Gasteiger charge is 2.49. The first kappa shape index (κ1) is 23.1. The van der Waals surface area contributed by atoms with Crippen molar-refractivity contribution in [3.63, 3.8) is 0 Å². The molecule has 1 aliphatic heterocycles. The van der Waals surface area contributed by atoms with Crippen molar-refractivity contribution in [1.29, 1.82) is 0 Å². The Labute approximate surface area is 193 Å². The molecule has 2 aliphatic rings. The monoisotopic (exact) mass is 455 g/mol. The number of benzene rings is 1. The summed E-state index contributed by atoms with van der Waals surface area (Å²) in [6.45, 7) is 5.51. The minimum Gasteiger partial charge on any atom is -0.497 e. The molecule has 0 bridgehead atoms. The van der Waals surface area contributed by atoms with Gasteiger partial charge in [-0.15, -0.1) is 0 Å². The van der Waals surface area contributed by atoms with Crippen LogP contribution in [0.5, 0.6) is 5.75 Å². The first-order chi connectivity index (χ1) is 15.9. The zero-order chi connectivity index (χ0) is 23.5. The summed E-state index contributed by atoms with van der Waals surface area (Å²) in [5.74, 6) is 0.579. The van der Waals surface area contributed by atoms with Gasteiger partial charge in [0.15, 0.2) is 0 Å². The van der Waals surface area contributed by atoms with Gasteiger partial charge in [-0.25, -0.2) is 9.78 Å². The number of rotatable bonds is 6. The number of aliphatic hydroxyl groups excluding tert-OH is 1. The molecule has 3 amide bonds. The van der Waals surface area contributed by atoms with Crippen molar-refractivity contribution in [2.75, 3.05) is 25.5 Å². The molecule has 9 nitrogen and oxygen atoms in total. The lowest BCUT2D eigenvalue weighted by Crippen LogP contribution is -2.41. The van der Waals surface area contributed by atoms with E-state index in [2.05, 4.69) is 20.6 Å². The fraction of sp³-hybridized carbons (Fsp3) is 0.542. The van der Waals surface area contributed by atoms with Gasteiger partial charge in [0.25, 0.3) is 0 Å². The van der Waals surface area contributed by atoms with Crippen LogP contribution in [-0.2, 0) is 4.79 Å². The van der Waals surface area contributed by atoms with Gasteiger partial charge in [-0.2, -0.15) is 0 Å². The number of H-pyrrole nitrogens is 1. The molecule has 2 heterocycles. The van der Waals surface area contributed by atoms with Crippen LogP contribution < -0.4 is 15.4 Å². The van der Waals surface area contributed by atoms with Gasteiger partial charge in [0.05, 0.1) is 19.1 Å². The molecule has 1 aromatic heterocycles. The number of imidazole rings is 1. The highest BCUT2D eigenvalue weighted by molar-refractivity contribution is 5.90. The molecule has 0 unspecified atom stereocenters. The Bertz CT molecular complexity index is 985. The Kier molecular flexibility index (Phi) is 6.88. The van der Waals surface area contributed by atoms with Crippen LogP contribution in [0.1, 0.15) is 56.5 Å². The summed E-state index contributed by atoms with van der Waals surface area (Å²) >= 11 is 0. The Balaban J connectivity index is 1.54. The molecule has 4 rings (SSSR count). The van der Waals surface area contributed by atoms with Gasteiger partial charge in [-0.3, -0.25) is 4.79 Å². The first-order valence-electron chi connectivity index (χ1n) is 11.6. The van der Waals surface area contributed by atoms with E-state index in [0.29, 0.717) is 17.9 Å². The lowest BCUT2D eigenvalue weighted by molar-refractivity contribution is -0.137.